The highest BCUT2D eigenvalue weighted by Gasteiger charge is 2.07. The highest BCUT2D eigenvalue weighted by molar-refractivity contribution is 7.14. The number of carbonyl (C=O) groups excluding carboxylic acids is 1. The van der Waals surface area contributed by atoms with Gasteiger partial charge in [0.25, 0.3) is 0 Å². The van der Waals surface area contributed by atoms with Crippen LogP contribution in [0.25, 0.3) is 0 Å². The first-order chi connectivity index (χ1) is 6.24. The van der Waals surface area contributed by atoms with Crippen molar-refractivity contribution in [3.8, 4) is 0 Å². The van der Waals surface area contributed by atoms with E-state index in [0.717, 1.165) is 5.00 Å². The summed E-state index contributed by atoms with van der Waals surface area (Å²) in [5, 5.41) is 5.53. The summed E-state index contributed by atoms with van der Waals surface area (Å²) >= 11 is 1.50. The van der Waals surface area contributed by atoms with E-state index in [1.165, 1.54) is 11.3 Å². The van der Waals surface area contributed by atoms with Gasteiger partial charge in [-0.15, -0.1) is 23.7 Å². The first kappa shape index (κ1) is 13.2. The lowest BCUT2D eigenvalue weighted by atomic mass is 10.5. The molecule has 4 nitrogen and oxygen atoms in total. The van der Waals surface area contributed by atoms with E-state index in [1.54, 1.807) is 11.9 Å². The molecule has 0 atom stereocenters. The standard InChI is InChI=1S/C8H13N3OS.ClH/c1-11(5-4-9)8(12)10-7-3-2-6-13-7;/h2-3,6H,4-5,9H2,1H3,(H,10,12);1H. The Labute approximate surface area is 93.5 Å². The topological polar surface area (TPSA) is 58.4 Å². The van der Waals surface area contributed by atoms with Gasteiger partial charge < -0.3 is 10.6 Å². The van der Waals surface area contributed by atoms with Gasteiger partial charge in [-0.3, -0.25) is 5.32 Å². The SMILES string of the molecule is CN(CCN)C(=O)Nc1cccs1.Cl. The fraction of sp³-hybridized carbons (Fsp3) is 0.375. The zero-order chi connectivity index (χ0) is 9.68. The summed E-state index contributed by atoms with van der Waals surface area (Å²) in [6.07, 6.45) is 0. The molecule has 0 aliphatic rings. The Morgan fingerprint density at radius 2 is 2.43 bits per heavy atom. The molecule has 3 N–H and O–H groups in total. The molecule has 0 saturated heterocycles. The van der Waals surface area contributed by atoms with Gasteiger partial charge in [0.15, 0.2) is 0 Å². The average molecular weight is 236 g/mol. The van der Waals surface area contributed by atoms with E-state index in [-0.39, 0.29) is 18.4 Å². The molecule has 0 fully saturated rings. The number of nitrogens with one attached hydrogen (secondary N) is 1. The van der Waals surface area contributed by atoms with Gasteiger partial charge in [-0.05, 0) is 17.5 Å². The van der Waals surface area contributed by atoms with Crippen molar-refractivity contribution in [3.05, 3.63) is 17.5 Å². The summed E-state index contributed by atoms with van der Waals surface area (Å²) in [5.74, 6) is 0. The van der Waals surface area contributed by atoms with Crippen LogP contribution in [0, 0.1) is 0 Å². The number of nitrogens with two attached hydrogens (primary N) is 1. The van der Waals surface area contributed by atoms with Gasteiger partial charge in [-0.1, -0.05) is 0 Å². The van der Waals surface area contributed by atoms with E-state index < -0.39 is 0 Å². The van der Waals surface area contributed by atoms with Crippen LogP contribution in [0.2, 0.25) is 0 Å². The smallest absolute Gasteiger partial charge is 0.322 e. The molecule has 80 valence electrons. The fourth-order valence-electron chi connectivity index (χ4n) is 0.846. The van der Waals surface area contributed by atoms with Crippen LogP contribution in [0.5, 0.6) is 0 Å². The van der Waals surface area contributed by atoms with Crippen molar-refractivity contribution in [3.63, 3.8) is 0 Å². The molecule has 0 aliphatic carbocycles. The number of hydrogen-bond acceptors (Lipinski definition) is 3. The molecule has 0 radical (unpaired) electrons. The third kappa shape index (κ3) is 3.95. The lowest BCUT2D eigenvalue weighted by Gasteiger charge is -2.15. The number of rotatable bonds is 3. The molecule has 1 aromatic rings. The molecule has 1 aromatic heterocycles. The molecule has 2 amide bonds. The average Bonchev–Trinajstić information content (AvgIpc) is 2.57. The molecule has 1 rings (SSSR count). The molecular formula is C8H14ClN3OS. The monoisotopic (exact) mass is 235 g/mol. The molecule has 14 heavy (non-hydrogen) atoms. The molecule has 0 spiro atoms. The van der Waals surface area contributed by atoms with Crippen molar-refractivity contribution < 1.29 is 4.79 Å². The summed E-state index contributed by atoms with van der Waals surface area (Å²) in [4.78, 5) is 12.9. The van der Waals surface area contributed by atoms with Gasteiger partial charge in [0.05, 0.1) is 5.00 Å². The number of nitrogens with zero attached hydrogens (tertiary/aromatic N) is 1. The van der Waals surface area contributed by atoms with Gasteiger partial charge in [-0.2, -0.15) is 0 Å². The lowest BCUT2D eigenvalue weighted by Crippen LogP contribution is -2.34. The van der Waals surface area contributed by atoms with Crippen LogP contribution in [0.3, 0.4) is 0 Å². The Morgan fingerprint density at radius 1 is 1.71 bits per heavy atom. The summed E-state index contributed by atoms with van der Waals surface area (Å²) in [5.41, 5.74) is 5.32. The molecule has 0 saturated carbocycles. The van der Waals surface area contributed by atoms with E-state index in [1.807, 2.05) is 17.5 Å². The van der Waals surface area contributed by atoms with Crippen LogP contribution in [0.4, 0.5) is 9.80 Å². The summed E-state index contributed by atoms with van der Waals surface area (Å²) in [6.45, 7) is 1.05. The first-order valence-electron chi connectivity index (χ1n) is 3.99. The van der Waals surface area contributed by atoms with Crippen molar-refractivity contribution in [2.24, 2.45) is 5.73 Å². The number of anilines is 1. The minimum Gasteiger partial charge on any atom is -0.329 e. The Morgan fingerprint density at radius 3 is 2.93 bits per heavy atom. The van der Waals surface area contributed by atoms with Crippen LogP contribution in [0.15, 0.2) is 17.5 Å². The molecule has 0 unspecified atom stereocenters. The van der Waals surface area contributed by atoms with Crippen molar-refractivity contribution >= 4 is 34.8 Å². The minimum atomic E-state index is -0.118. The summed E-state index contributed by atoms with van der Waals surface area (Å²) in [6, 6.07) is 3.63. The second-order valence-corrected chi connectivity index (χ2v) is 3.57. The Hall–Kier alpha value is -0.780. The first-order valence-corrected chi connectivity index (χ1v) is 4.87. The van der Waals surface area contributed by atoms with E-state index in [0.29, 0.717) is 13.1 Å². The van der Waals surface area contributed by atoms with Gasteiger partial charge in [0.1, 0.15) is 0 Å². The van der Waals surface area contributed by atoms with Gasteiger partial charge >= 0.3 is 6.03 Å². The maximum Gasteiger partial charge on any atom is 0.322 e. The molecule has 0 aliphatic heterocycles. The van der Waals surface area contributed by atoms with Gasteiger partial charge in [-0.25, -0.2) is 4.79 Å². The van der Waals surface area contributed by atoms with Crippen LogP contribution in [0.1, 0.15) is 0 Å². The third-order valence-electron chi connectivity index (χ3n) is 1.56. The van der Waals surface area contributed by atoms with Crippen LogP contribution in [-0.2, 0) is 0 Å². The number of hydrogen-bond donors (Lipinski definition) is 2. The minimum absolute atomic E-state index is 0. The number of amides is 2. The highest BCUT2D eigenvalue weighted by Crippen LogP contribution is 2.14. The van der Waals surface area contributed by atoms with Crippen molar-refractivity contribution in [1.29, 1.82) is 0 Å². The zero-order valence-corrected chi connectivity index (χ0v) is 9.53. The number of carbonyl (C=O) groups is 1. The number of halogens is 1. The molecule has 6 heteroatoms. The van der Waals surface area contributed by atoms with Crippen molar-refractivity contribution in [2.45, 2.75) is 0 Å². The lowest BCUT2D eigenvalue weighted by molar-refractivity contribution is 0.223. The number of urea groups is 1. The van der Waals surface area contributed by atoms with Crippen LogP contribution < -0.4 is 11.1 Å². The van der Waals surface area contributed by atoms with Crippen LogP contribution in [-0.4, -0.2) is 31.1 Å². The van der Waals surface area contributed by atoms with Gasteiger partial charge in [0, 0.05) is 20.1 Å². The van der Waals surface area contributed by atoms with Crippen molar-refractivity contribution in [1.82, 2.24) is 4.90 Å². The zero-order valence-electron chi connectivity index (χ0n) is 7.90. The number of likely N-dealkylation sites (N-methyl/N-ethyl adjacent to an activating group) is 1. The fourth-order valence-corrected chi connectivity index (χ4v) is 1.45. The normalized spacial score (nSPS) is 9.00. The second kappa shape index (κ2) is 6.64. The predicted octanol–water partition coefficient (Wildman–Crippen LogP) is 1.59. The molecule has 0 bridgehead atoms. The van der Waals surface area contributed by atoms with Gasteiger partial charge in [0.2, 0.25) is 0 Å². The van der Waals surface area contributed by atoms with Crippen LogP contribution >= 0.6 is 23.7 Å². The predicted molar refractivity (Wildman–Crippen MR) is 62.3 cm³/mol. The third-order valence-corrected chi connectivity index (χ3v) is 2.35. The Balaban J connectivity index is 0.00000169. The number of thiophene rings is 1. The van der Waals surface area contributed by atoms with E-state index in [4.69, 9.17) is 5.73 Å². The second-order valence-electron chi connectivity index (χ2n) is 2.62. The van der Waals surface area contributed by atoms with E-state index >= 15 is 0 Å². The molecular weight excluding hydrogens is 222 g/mol. The van der Waals surface area contributed by atoms with Crippen molar-refractivity contribution in [2.75, 3.05) is 25.5 Å². The molecule has 0 aromatic carbocycles. The summed E-state index contributed by atoms with van der Waals surface area (Å²) in [7, 11) is 1.72. The Bertz CT molecular complexity index is 266. The Kier molecular flexibility index (Phi) is 6.27. The van der Waals surface area contributed by atoms with E-state index in [2.05, 4.69) is 5.32 Å². The largest absolute Gasteiger partial charge is 0.329 e. The maximum atomic E-state index is 11.4. The van der Waals surface area contributed by atoms with E-state index in [9.17, 15) is 4.79 Å². The molecule has 1 heterocycles. The summed E-state index contributed by atoms with van der Waals surface area (Å²) < 4.78 is 0. The quantitative estimate of drug-likeness (QED) is 0.836. The highest BCUT2D eigenvalue weighted by atomic mass is 35.5. The maximum absolute atomic E-state index is 11.4.